The fourth-order valence-corrected chi connectivity index (χ4v) is 7.85. The van der Waals surface area contributed by atoms with Crippen molar-refractivity contribution >= 4 is 74.0 Å². The quantitative estimate of drug-likeness (QED) is 0.179. The van der Waals surface area contributed by atoms with Crippen molar-refractivity contribution in [2.75, 3.05) is 0 Å². The Morgan fingerprint density at radius 1 is 1.11 bits per heavy atom. The Hall–Kier alpha value is -2.84. The van der Waals surface area contributed by atoms with Gasteiger partial charge in [0.05, 0.1) is 24.8 Å². The molecular formula is C27H17I2N3O4S. The number of phenols is 1. The summed E-state index contributed by atoms with van der Waals surface area (Å²) in [5.74, 6) is 0.121. The second kappa shape index (κ2) is 9.48. The Labute approximate surface area is 241 Å². The van der Waals surface area contributed by atoms with Crippen LogP contribution in [0.15, 0.2) is 76.0 Å². The summed E-state index contributed by atoms with van der Waals surface area (Å²) in [6, 6.07) is 17.8. The Morgan fingerprint density at radius 2 is 1.92 bits per heavy atom. The van der Waals surface area contributed by atoms with E-state index in [1.165, 1.54) is 23.0 Å². The molecule has 1 aromatic heterocycles. The highest BCUT2D eigenvalue weighted by molar-refractivity contribution is 14.1. The van der Waals surface area contributed by atoms with E-state index in [-0.39, 0.29) is 17.0 Å². The van der Waals surface area contributed by atoms with Gasteiger partial charge in [-0.05, 0) is 92.9 Å². The average Bonchev–Trinajstić information content (AvgIpc) is 3.20. The van der Waals surface area contributed by atoms with Crippen LogP contribution in [0.5, 0.6) is 5.75 Å². The Morgan fingerprint density at radius 3 is 2.73 bits per heavy atom. The highest BCUT2D eigenvalue weighted by Crippen LogP contribution is 2.41. The fraction of sp³-hybridized carbons (Fsp3) is 0.111. The number of aromatic nitrogens is 1. The van der Waals surface area contributed by atoms with Crippen LogP contribution in [0.1, 0.15) is 34.7 Å². The summed E-state index contributed by atoms with van der Waals surface area (Å²) in [5.41, 5.74) is 5.01. The maximum absolute atomic E-state index is 13.9. The first-order chi connectivity index (χ1) is 17.8. The molecule has 10 heteroatoms. The van der Waals surface area contributed by atoms with E-state index in [0.717, 1.165) is 26.8 Å². The summed E-state index contributed by atoms with van der Waals surface area (Å²) < 4.78 is 3.74. The van der Waals surface area contributed by atoms with Crippen molar-refractivity contribution in [2.24, 2.45) is 4.99 Å². The zero-order chi connectivity index (χ0) is 25.8. The lowest BCUT2D eigenvalue weighted by Crippen LogP contribution is -2.38. The molecule has 37 heavy (non-hydrogen) atoms. The third kappa shape index (κ3) is 4.24. The predicted molar refractivity (Wildman–Crippen MR) is 159 cm³/mol. The number of aromatic hydroxyl groups is 1. The van der Waals surface area contributed by atoms with E-state index >= 15 is 0 Å². The third-order valence-corrected chi connectivity index (χ3v) is 9.04. The van der Waals surface area contributed by atoms with Gasteiger partial charge < -0.3 is 5.11 Å². The molecule has 184 valence electrons. The smallest absolute Gasteiger partial charge is 0.271 e. The molecule has 1 aliphatic heterocycles. The van der Waals surface area contributed by atoms with Crippen LogP contribution in [0.2, 0.25) is 0 Å². The highest BCUT2D eigenvalue weighted by atomic mass is 127. The van der Waals surface area contributed by atoms with Gasteiger partial charge in [0.15, 0.2) is 4.80 Å². The molecule has 0 amide bonds. The van der Waals surface area contributed by atoms with Gasteiger partial charge in [0, 0.05) is 26.8 Å². The number of hydrogen-bond acceptors (Lipinski definition) is 6. The zero-order valence-corrected chi connectivity index (χ0v) is 24.2. The summed E-state index contributed by atoms with van der Waals surface area (Å²) in [7, 11) is 0. The first-order valence-electron chi connectivity index (χ1n) is 11.4. The molecule has 1 atom stereocenters. The number of fused-ring (bicyclic) bond motifs is 3. The topological polar surface area (TPSA) is 97.7 Å². The van der Waals surface area contributed by atoms with E-state index in [4.69, 9.17) is 4.99 Å². The molecular weight excluding hydrogens is 716 g/mol. The average molecular weight is 733 g/mol. The lowest BCUT2D eigenvalue weighted by Gasteiger charge is -2.30. The fourth-order valence-electron chi connectivity index (χ4n) is 4.97. The minimum atomic E-state index is -0.508. The molecule has 1 N–H and O–H groups in total. The Kier molecular flexibility index (Phi) is 6.27. The second-order valence-electron chi connectivity index (χ2n) is 8.79. The molecule has 4 aromatic rings. The van der Waals surface area contributed by atoms with Gasteiger partial charge in [-0.15, -0.1) is 0 Å². The molecule has 0 bridgehead atoms. The molecule has 2 heterocycles. The maximum Gasteiger partial charge on any atom is 0.271 e. The van der Waals surface area contributed by atoms with E-state index in [0.29, 0.717) is 30.5 Å². The Bertz CT molecular complexity index is 1840. The molecule has 0 saturated carbocycles. The number of phenolic OH excluding ortho intramolecular Hbond substituents is 1. The molecule has 6 rings (SSSR count). The normalized spacial score (nSPS) is 16.6. The van der Waals surface area contributed by atoms with Crippen molar-refractivity contribution in [1.82, 2.24) is 4.57 Å². The summed E-state index contributed by atoms with van der Waals surface area (Å²) in [4.78, 5) is 30.5. The van der Waals surface area contributed by atoms with Gasteiger partial charge in [-0.25, -0.2) is 4.99 Å². The molecule has 3 aromatic carbocycles. The van der Waals surface area contributed by atoms with Crippen LogP contribution in [0.25, 0.3) is 11.8 Å². The van der Waals surface area contributed by atoms with Crippen LogP contribution in [0, 0.1) is 17.3 Å². The largest absolute Gasteiger partial charge is 0.506 e. The minimum absolute atomic E-state index is 0.0201. The second-order valence-corrected chi connectivity index (χ2v) is 12.2. The lowest BCUT2D eigenvalue weighted by molar-refractivity contribution is -0.384. The number of aryl methyl sites for hydroxylation is 1. The van der Waals surface area contributed by atoms with Gasteiger partial charge in [0.2, 0.25) is 0 Å². The number of hydrogen-bond donors (Lipinski definition) is 1. The van der Waals surface area contributed by atoms with Crippen molar-refractivity contribution in [3.8, 4) is 5.75 Å². The van der Waals surface area contributed by atoms with Crippen molar-refractivity contribution in [3.63, 3.8) is 0 Å². The molecule has 0 spiro atoms. The number of rotatable bonds is 3. The number of allylic oxidation sites excluding steroid dienone is 1. The van der Waals surface area contributed by atoms with E-state index in [2.05, 4.69) is 51.2 Å². The summed E-state index contributed by atoms with van der Waals surface area (Å²) >= 11 is 5.51. The monoisotopic (exact) mass is 733 g/mol. The standard InChI is InChI=1S/C27H17I2N3O4S/c28-17-10-16(25(33)21(29)13-17)12-22-26(34)31-24(15-5-3-6-18(11-15)32(35)36)20-9-8-14-4-1-2-7-19(14)23(20)30-27(31)37-22/h1-7,10-13,24,33H,8-9H2/b22-12-/t24-/m1/s1. The molecule has 2 aliphatic rings. The lowest BCUT2D eigenvalue weighted by atomic mass is 9.83. The van der Waals surface area contributed by atoms with Gasteiger partial charge in [-0.2, -0.15) is 0 Å². The SMILES string of the molecule is O=c1/c(=C/c2cc(I)cc(I)c2O)sc2n1[C@H](c1cccc([N+](=O)[O-])c1)C1=C(N=2)c2ccccc2CC1. The van der Waals surface area contributed by atoms with Gasteiger partial charge in [-0.1, -0.05) is 47.7 Å². The zero-order valence-electron chi connectivity index (χ0n) is 19.0. The predicted octanol–water partition coefficient (Wildman–Crippen LogP) is 5.14. The van der Waals surface area contributed by atoms with E-state index in [9.17, 15) is 20.0 Å². The highest BCUT2D eigenvalue weighted by Gasteiger charge is 2.33. The van der Waals surface area contributed by atoms with Crippen molar-refractivity contribution < 1.29 is 10.0 Å². The molecule has 0 unspecified atom stereocenters. The number of nitro groups is 1. The van der Waals surface area contributed by atoms with E-state index in [1.54, 1.807) is 22.8 Å². The summed E-state index contributed by atoms with van der Waals surface area (Å²) in [6.07, 6.45) is 3.20. The molecule has 1 aliphatic carbocycles. The van der Waals surface area contributed by atoms with Crippen molar-refractivity contribution in [2.45, 2.75) is 18.9 Å². The van der Waals surface area contributed by atoms with Crippen LogP contribution < -0.4 is 14.9 Å². The van der Waals surface area contributed by atoms with Crippen molar-refractivity contribution in [3.05, 3.63) is 125 Å². The Balaban J connectivity index is 1.64. The number of benzene rings is 3. The van der Waals surface area contributed by atoms with Gasteiger partial charge in [-0.3, -0.25) is 19.5 Å². The van der Waals surface area contributed by atoms with Gasteiger partial charge in [0.25, 0.3) is 11.2 Å². The first-order valence-corrected chi connectivity index (χ1v) is 14.3. The molecule has 0 radical (unpaired) electrons. The third-order valence-electron chi connectivity index (χ3n) is 6.61. The van der Waals surface area contributed by atoms with Crippen LogP contribution in [-0.4, -0.2) is 14.6 Å². The molecule has 0 saturated heterocycles. The van der Waals surface area contributed by atoms with Crippen LogP contribution in [0.4, 0.5) is 5.69 Å². The van der Waals surface area contributed by atoms with Crippen LogP contribution in [0.3, 0.4) is 0 Å². The number of non-ortho nitro benzene ring substituents is 1. The van der Waals surface area contributed by atoms with Gasteiger partial charge in [0.1, 0.15) is 5.75 Å². The minimum Gasteiger partial charge on any atom is -0.506 e. The number of thiazole rings is 1. The van der Waals surface area contributed by atoms with Crippen molar-refractivity contribution in [1.29, 1.82) is 0 Å². The molecule has 7 nitrogen and oxygen atoms in total. The number of nitrogens with zero attached hydrogens (tertiary/aromatic N) is 3. The first kappa shape index (κ1) is 24.5. The summed E-state index contributed by atoms with van der Waals surface area (Å²) in [5, 5.41) is 22.2. The van der Waals surface area contributed by atoms with Gasteiger partial charge >= 0.3 is 0 Å². The van der Waals surface area contributed by atoms with Crippen LogP contribution in [-0.2, 0) is 6.42 Å². The molecule has 0 fully saturated rings. The summed E-state index contributed by atoms with van der Waals surface area (Å²) in [6.45, 7) is 0. The maximum atomic E-state index is 13.9. The number of halogens is 2. The van der Waals surface area contributed by atoms with E-state index in [1.807, 2.05) is 36.4 Å². The number of nitro benzene ring substituents is 1. The van der Waals surface area contributed by atoms with Crippen LogP contribution >= 0.6 is 56.5 Å². The van der Waals surface area contributed by atoms with E-state index < -0.39 is 11.0 Å².